The van der Waals surface area contributed by atoms with Crippen molar-refractivity contribution in [1.82, 2.24) is 14.8 Å². The van der Waals surface area contributed by atoms with Crippen molar-refractivity contribution in [1.29, 1.82) is 0 Å². The molecule has 41 heavy (non-hydrogen) atoms. The fraction of sp³-hybridized carbons (Fsp3) is 0.290. The molecule has 0 aliphatic heterocycles. The molecule has 0 spiro atoms. The summed E-state index contributed by atoms with van der Waals surface area (Å²) >= 11 is 1.37. The lowest BCUT2D eigenvalue weighted by molar-refractivity contribution is 0.0819. The number of aliphatic hydroxyl groups is 3. The van der Waals surface area contributed by atoms with Crippen molar-refractivity contribution in [3.63, 3.8) is 0 Å². The third-order valence-electron chi connectivity index (χ3n) is 6.92. The number of benzene rings is 2. The zero-order valence-electron chi connectivity index (χ0n) is 22.9. The molecule has 0 saturated carbocycles. The molecule has 2 unspecified atom stereocenters. The van der Waals surface area contributed by atoms with Crippen LogP contribution in [-0.4, -0.2) is 57.0 Å². The molecule has 5 rings (SSSR count). The summed E-state index contributed by atoms with van der Waals surface area (Å²) in [6, 6.07) is 18.9. The Morgan fingerprint density at radius 2 is 1.88 bits per heavy atom. The third-order valence-corrected chi connectivity index (χ3v) is 8.08. The van der Waals surface area contributed by atoms with Gasteiger partial charge in [-0.05, 0) is 37.7 Å². The van der Waals surface area contributed by atoms with E-state index in [0.29, 0.717) is 34.6 Å². The Balaban J connectivity index is 1.36. The van der Waals surface area contributed by atoms with Crippen molar-refractivity contribution in [3.05, 3.63) is 104 Å². The number of para-hydroxylation sites is 1. The van der Waals surface area contributed by atoms with Gasteiger partial charge >= 0.3 is 0 Å². The van der Waals surface area contributed by atoms with Gasteiger partial charge in [0.25, 0.3) is 5.91 Å². The van der Waals surface area contributed by atoms with Gasteiger partial charge in [0.05, 0.1) is 24.6 Å². The second-order valence-electron chi connectivity index (χ2n) is 10.4. The number of aliphatic hydroxyl groups excluding tert-OH is 3. The van der Waals surface area contributed by atoms with Gasteiger partial charge in [-0.2, -0.15) is 0 Å². The fourth-order valence-corrected chi connectivity index (χ4v) is 5.97. The Labute approximate surface area is 240 Å². The third kappa shape index (κ3) is 6.58. The first kappa shape index (κ1) is 28.7. The van der Waals surface area contributed by atoms with Crippen LogP contribution in [0.2, 0.25) is 0 Å². The van der Waals surface area contributed by atoms with Crippen LogP contribution < -0.4 is 10.7 Å². The minimum absolute atomic E-state index is 0.0199. The average Bonchev–Trinajstić information content (AvgIpc) is 3.59. The van der Waals surface area contributed by atoms with E-state index < -0.39 is 30.2 Å². The molecule has 0 saturated heterocycles. The van der Waals surface area contributed by atoms with E-state index in [-0.39, 0.29) is 18.7 Å². The van der Waals surface area contributed by atoms with Crippen LogP contribution in [-0.2, 0) is 19.6 Å². The number of rotatable bonds is 11. The van der Waals surface area contributed by atoms with Gasteiger partial charge in [-0.15, -0.1) is 11.3 Å². The van der Waals surface area contributed by atoms with Gasteiger partial charge < -0.3 is 29.6 Å². The van der Waals surface area contributed by atoms with Crippen molar-refractivity contribution in [2.24, 2.45) is 0 Å². The number of nitrogens with zero attached hydrogens (tertiary/aromatic N) is 2. The number of aromatic nitrogens is 1. The van der Waals surface area contributed by atoms with Crippen LogP contribution in [0.5, 0.6) is 0 Å². The number of carbonyl (C=O) groups excluding carboxylic acids is 1. The number of aryl methyl sites for hydroxylation is 1. The van der Waals surface area contributed by atoms with Gasteiger partial charge in [0.1, 0.15) is 27.8 Å². The lowest BCUT2D eigenvalue weighted by Crippen LogP contribution is -2.30. The first-order valence-corrected chi connectivity index (χ1v) is 14.2. The summed E-state index contributed by atoms with van der Waals surface area (Å²) in [4.78, 5) is 29.9. The number of furan rings is 1. The van der Waals surface area contributed by atoms with Crippen LogP contribution in [0.4, 0.5) is 0 Å². The highest BCUT2D eigenvalue weighted by Gasteiger charge is 2.21. The Kier molecular flexibility index (Phi) is 8.67. The summed E-state index contributed by atoms with van der Waals surface area (Å²) in [6.45, 7) is 2.55. The predicted octanol–water partition coefficient (Wildman–Crippen LogP) is 3.57. The molecule has 9 nitrogen and oxygen atoms in total. The number of amides is 1. The number of hydrogen-bond donors (Lipinski definition) is 4. The Hall–Kier alpha value is -3.80. The molecule has 5 aromatic rings. The number of hydrogen-bond acceptors (Lipinski definition) is 8. The van der Waals surface area contributed by atoms with Crippen LogP contribution >= 0.6 is 11.3 Å². The lowest BCUT2D eigenvalue weighted by atomic mass is 10.1. The van der Waals surface area contributed by atoms with E-state index in [0.717, 1.165) is 21.4 Å². The standard InChI is InChI=1S/C31H33N3O6S/c1-19-7-9-20(10-8-19)13-32-30(39)25-16-34(14-22(36)18-35)31-24(29(25)38)12-23(41-31)15-33(2)17-26(37)28-11-21-5-3-4-6-27(21)40-28/h3-12,16,22,26,35-37H,13-15,17-18H2,1-2H3,(H,32,39). The molecule has 4 N–H and O–H groups in total. The Morgan fingerprint density at radius 1 is 1.12 bits per heavy atom. The molecular formula is C31H33N3O6S. The SMILES string of the molecule is Cc1ccc(CNC(=O)c2cn(CC(O)CO)c3sc(CN(C)CC(O)c4cc5ccccc5o4)cc3c2=O)cc1. The first-order valence-electron chi connectivity index (χ1n) is 13.4. The monoisotopic (exact) mass is 575 g/mol. The second-order valence-corrected chi connectivity index (χ2v) is 11.5. The lowest BCUT2D eigenvalue weighted by Gasteiger charge is -2.18. The summed E-state index contributed by atoms with van der Waals surface area (Å²) < 4.78 is 7.44. The molecule has 2 aromatic carbocycles. The minimum Gasteiger partial charge on any atom is -0.458 e. The number of likely N-dealkylation sites (N-methyl/N-ethyl adjacent to an activating group) is 1. The number of carbonyl (C=O) groups is 1. The van der Waals surface area contributed by atoms with Crippen LogP contribution in [0.25, 0.3) is 21.2 Å². The zero-order valence-corrected chi connectivity index (χ0v) is 23.7. The molecule has 214 valence electrons. The topological polar surface area (TPSA) is 128 Å². The maximum absolute atomic E-state index is 13.4. The van der Waals surface area contributed by atoms with E-state index in [1.54, 1.807) is 10.6 Å². The Morgan fingerprint density at radius 3 is 2.61 bits per heavy atom. The van der Waals surface area contributed by atoms with Gasteiger partial charge in [0, 0.05) is 36.1 Å². The van der Waals surface area contributed by atoms with E-state index in [4.69, 9.17) is 4.42 Å². The quantitative estimate of drug-likeness (QED) is 0.190. The smallest absolute Gasteiger partial charge is 0.257 e. The number of pyridine rings is 1. The fourth-order valence-electron chi connectivity index (χ4n) is 4.75. The summed E-state index contributed by atoms with van der Waals surface area (Å²) in [5.74, 6) is -0.0307. The van der Waals surface area contributed by atoms with E-state index in [1.165, 1.54) is 17.5 Å². The van der Waals surface area contributed by atoms with Crippen molar-refractivity contribution in [3.8, 4) is 0 Å². The van der Waals surface area contributed by atoms with Gasteiger partial charge in [-0.25, -0.2) is 0 Å². The van der Waals surface area contributed by atoms with Gasteiger partial charge in [-0.1, -0.05) is 48.0 Å². The van der Waals surface area contributed by atoms with E-state index in [1.807, 2.05) is 73.5 Å². The van der Waals surface area contributed by atoms with Gasteiger partial charge in [-0.3, -0.25) is 14.5 Å². The summed E-state index contributed by atoms with van der Waals surface area (Å²) in [7, 11) is 1.86. The Bertz CT molecular complexity index is 1690. The van der Waals surface area contributed by atoms with Crippen molar-refractivity contribution in [2.75, 3.05) is 20.2 Å². The molecule has 0 radical (unpaired) electrons. The first-order chi connectivity index (χ1) is 19.7. The van der Waals surface area contributed by atoms with E-state index in [2.05, 4.69) is 5.32 Å². The van der Waals surface area contributed by atoms with E-state index in [9.17, 15) is 24.9 Å². The molecule has 2 atom stereocenters. The summed E-state index contributed by atoms with van der Waals surface area (Å²) in [6.07, 6.45) is -0.453. The summed E-state index contributed by atoms with van der Waals surface area (Å²) in [5.41, 5.74) is 2.30. The average molecular weight is 576 g/mol. The minimum atomic E-state index is -1.06. The maximum atomic E-state index is 13.4. The van der Waals surface area contributed by atoms with Crippen LogP contribution in [0, 0.1) is 6.92 Å². The maximum Gasteiger partial charge on any atom is 0.257 e. The predicted molar refractivity (Wildman–Crippen MR) is 159 cm³/mol. The largest absolute Gasteiger partial charge is 0.458 e. The van der Waals surface area contributed by atoms with Crippen molar-refractivity contribution >= 4 is 38.4 Å². The molecule has 1 amide bonds. The molecule has 0 aliphatic rings. The highest BCUT2D eigenvalue weighted by molar-refractivity contribution is 7.18. The molecule has 0 fully saturated rings. The zero-order chi connectivity index (χ0) is 29.1. The number of nitrogens with one attached hydrogen (secondary N) is 1. The molecule has 3 heterocycles. The van der Waals surface area contributed by atoms with Gasteiger partial charge in [0.2, 0.25) is 5.43 Å². The molecule has 0 bridgehead atoms. The highest BCUT2D eigenvalue weighted by Crippen LogP contribution is 2.28. The highest BCUT2D eigenvalue weighted by atomic mass is 32.1. The van der Waals surface area contributed by atoms with Crippen LogP contribution in [0.3, 0.4) is 0 Å². The normalized spacial score (nSPS) is 13.2. The molecule has 3 aromatic heterocycles. The second kappa shape index (κ2) is 12.4. The molecule has 10 heteroatoms. The molecular weight excluding hydrogens is 542 g/mol. The number of fused-ring (bicyclic) bond motifs is 2. The van der Waals surface area contributed by atoms with Crippen LogP contribution in [0.1, 0.15) is 38.2 Å². The van der Waals surface area contributed by atoms with Crippen molar-refractivity contribution < 1.29 is 24.5 Å². The molecule has 0 aliphatic carbocycles. The summed E-state index contributed by atoms with van der Waals surface area (Å²) in [5, 5.41) is 34.5. The van der Waals surface area contributed by atoms with Gasteiger partial charge in [0.15, 0.2) is 0 Å². The van der Waals surface area contributed by atoms with E-state index >= 15 is 0 Å². The van der Waals surface area contributed by atoms with Crippen LogP contribution in [0.15, 0.2) is 76.1 Å². The van der Waals surface area contributed by atoms with Crippen molar-refractivity contribution in [2.45, 2.75) is 38.8 Å². The number of thiophene rings is 1.